The van der Waals surface area contributed by atoms with Gasteiger partial charge in [-0.25, -0.2) is 0 Å². The van der Waals surface area contributed by atoms with E-state index in [2.05, 4.69) is 29.6 Å². The first-order chi connectivity index (χ1) is 10.4. The molecular weight excluding hydrogens is 258 g/mol. The van der Waals surface area contributed by atoms with E-state index in [-0.39, 0.29) is 0 Å². The summed E-state index contributed by atoms with van der Waals surface area (Å²) >= 11 is 0. The molecular formula is C19H21NO. The SMILES string of the molecule is C1=CCC(CNc2ccc(Oc3ccccc3)cc2)CC1. The Morgan fingerprint density at radius 1 is 0.905 bits per heavy atom. The lowest BCUT2D eigenvalue weighted by atomic mass is 9.94. The first-order valence-corrected chi connectivity index (χ1v) is 7.62. The lowest BCUT2D eigenvalue weighted by Crippen LogP contribution is -2.15. The molecule has 1 atom stereocenters. The second kappa shape index (κ2) is 6.98. The molecule has 0 saturated heterocycles. The zero-order valence-electron chi connectivity index (χ0n) is 12.2. The minimum atomic E-state index is 0.759. The Hall–Kier alpha value is -2.22. The van der Waals surface area contributed by atoms with Gasteiger partial charge in [0, 0.05) is 12.2 Å². The Kier molecular flexibility index (Phi) is 4.57. The van der Waals surface area contributed by atoms with Gasteiger partial charge in [-0.15, -0.1) is 0 Å². The molecule has 0 bridgehead atoms. The molecule has 1 aliphatic rings. The van der Waals surface area contributed by atoms with Crippen molar-refractivity contribution in [2.24, 2.45) is 5.92 Å². The third kappa shape index (κ3) is 4.12. The molecule has 0 fully saturated rings. The molecule has 1 aliphatic carbocycles. The molecule has 2 aromatic rings. The number of ether oxygens (including phenoxy) is 1. The third-order valence-electron chi connectivity index (χ3n) is 3.81. The normalized spacial score (nSPS) is 17.4. The van der Waals surface area contributed by atoms with E-state index in [4.69, 9.17) is 4.74 Å². The van der Waals surface area contributed by atoms with Crippen LogP contribution < -0.4 is 10.1 Å². The fraction of sp³-hybridized carbons (Fsp3) is 0.263. The Morgan fingerprint density at radius 2 is 1.67 bits per heavy atom. The number of hydrogen-bond donors (Lipinski definition) is 1. The summed E-state index contributed by atoms with van der Waals surface area (Å²) < 4.78 is 5.79. The van der Waals surface area contributed by atoms with Crippen molar-refractivity contribution in [3.63, 3.8) is 0 Å². The van der Waals surface area contributed by atoms with Gasteiger partial charge in [0.05, 0.1) is 0 Å². The van der Waals surface area contributed by atoms with E-state index in [1.165, 1.54) is 19.3 Å². The molecule has 0 saturated carbocycles. The van der Waals surface area contributed by atoms with Gasteiger partial charge in [0.15, 0.2) is 0 Å². The van der Waals surface area contributed by atoms with Crippen LogP contribution in [0.4, 0.5) is 5.69 Å². The largest absolute Gasteiger partial charge is 0.457 e. The summed E-state index contributed by atoms with van der Waals surface area (Å²) in [7, 11) is 0. The van der Waals surface area contributed by atoms with E-state index < -0.39 is 0 Å². The highest BCUT2D eigenvalue weighted by molar-refractivity contribution is 5.47. The minimum absolute atomic E-state index is 0.759. The lowest BCUT2D eigenvalue weighted by molar-refractivity contribution is 0.482. The Balaban J connectivity index is 1.53. The molecule has 0 heterocycles. The lowest BCUT2D eigenvalue weighted by Gasteiger charge is -2.18. The summed E-state index contributed by atoms with van der Waals surface area (Å²) in [4.78, 5) is 0. The molecule has 21 heavy (non-hydrogen) atoms. The van der Waals surface area contributed by atoms with Gasteiger partial charge in [0.2, 0.25) is 0 Å². The smallest absolute Gasteiger partial charge is 0.127 e. The van der Waals surface area contributed by atoms with Crippen LogP contribution in [0.5, 0.6) is 11.5 Å². The van der Waals surface area contributed by atoms with Gasteiger partial charge in [0.1, 0.15) is 11.5 Å². The van der Waals surface area contributed by atoms with Gasteiger partial charge in [-0.3, -0.25) is 0 Å². The summed E-state index contributed by atoms with van der Waals surface area (Å²) in [6, 6.07) is 18.0. The van der Waals surface area contributed by atoms with Crippen molar-refractivity contribution in [3.05, 3.63) is 66.7 Å². The van der Waals surface area contributed by atoms with E-state index in [1.54, 1.807) is 0 Å². The molecule has 0 aliphatic heterocycles. The zero-order chi connectivity index (χ0) is 14.3. The topological polar surface area (TPSA) is 21.3 Å². The predicted octanol–water partition coefficient (Wildman–Crippen LogP) is 5.25. The molecule has 0 amide bonds. The number of rotatable bonds is 5. The number of hydrogen-bond acceptors (Lipinski definition) is 2. The van der Waals surface area contributed by atoms with Crippen LogP contribution in [0.2, 0.25) is 0 Å². The average molecular weight is 279 g/mol. The van der Waals surface area contributed by atoms with Gasteiger partial charge < -0.3 is 10.1 Å². The van der Waals surface area contributed by atoms with Crippen molar-refractivity contribution in [3.8, 4) is 11.5 Å². The van der Waals surface area contributed by atoms with Crippen LogP contribution in [0.15, 0.2) is 66.7 Å². The van der Waals surface area contributed by atoms with Crippen LogP contribution >= 0.6 is 0 Å². The Bertz CT molecular complexity index is 574. The van der Waals surface area contributed by atoms with Crippen LogP contribution in [0, 0.1) is 5.92 Å². The van der Waals surface area contributed by atoms with E-state index in [0.717, 1.165) is 29.6 Å². The molecule has 1 unspecified atom stereocenters. The van der Waals surface area contributed by atoms with Crippen molar-refractivity contribution in [1.29, 1.82) is 0 Å². The quantitative estimate of drug-likeness (QED) is 0.755. The fourth-order valence-corrected chi connectivity index (χ4v) is 2.57. The van der Waals surface area contributed by atoms with Crippen molar-refractivity contribution >= 4 is 5.69 Å². The molecule has 0 aromatic heterocycles. The van der Waals surface area contributed by atoms with Crippen LogP contribution in [-0.4, -0.2) is 6.54 Å². The molecule has 2 aromatic carbocycles. The van der Waals surface area contributed by atoms with Crippen LogP contribution in [0.1, 0.15) is 19.3 Å². The highest BCUT2D eigenvalue weighted by atomic mass is 16.5. The van der Waals surface area contributed by atoms with Crippen LogP contribution in [-0.2, 0) is 0 Å². The Labute approximate surface area is 126 Å². The van der Waals surface area contributed by atoms with E-state index >= 15 is 0 Å². The molecule has 3 rings (SSSR count). The predicted molar refractivity (Wildman–Crippen MR) is 87.9 cm³/mol. The maximum Gasteiger partial charge on any atom is 0.127 e. The van der Waals surface area contributed by atoms with E-state index in [9.17, 15) is 0 Å². The maximum absolute atomic E-state index is 5.79. The third-order valence-corrected chi connectivity index (χ3v) is 3.81. The minimum Gasteiger partial charge on any atom is -0.457 e. The standard InChI is InChI=1S/C19H21NO/c1-3-7-16(8-4-1)15-20-17-11-13-19(14-12-17)21-18-9-5-2-6-10-18/h1-3,5-6,9-14,16,20H,4,7-8,15H2. The van der Waals surface area contributed by atoms with Gasteiger partial charge in [0.25, 0.3) is 0 Å². The van der Waals surface area contributed by atoms with Crippen molar-refractivity contribution in [2.75, 3.05) is 11.9 Å². The van der Waals surface area contributed by atoms with Crippen molar-refractivity contribution in [1.82, 2.24) is 0 Å². The first kappa shape index (κ1) is 13.7. The van der Waals surface area contributed by atoms with E-state index in [0.29, 0.717) is 0 Å². The molecule has 2 heteroatoms. The fourth-order valence-electron chi connectivity index (χ4n) is 2.57. The van der Waals surface area contributed by atoms with E-state index in [1.807, 2.05) is 42.5 Å². The first-order valence-electron chi connectivity index (χ1n) is 7.62. The molecule has 1 N–H and O–H groups in total. The number of benzene rings is 2. The molecule has 0 spiro atoms. The number of anilines is 1. The second-order valence-corrected chi connectivity index (χ2v) is 5.47. The summed E-state index contributed by atoms with van der Waals surface area (Å²) in [5.74, 6) is 2.50. The van der Waals surface area contributed by atoms with Crippen LogP contribution in [0.25, 0.3) is 0 Å². The zero-order valence-corrected chi connectivity index (χ0v) is 12.2. The van der Waals surface area contributed by atoms with Crippen molar-refractivity contribution < 1.29 is 4.74 Å². The molecule has 108 valence electrons. The Morgan fingerprint density at radius 3 is 2.38 bits per heavy atom. The number of allylic oxidation sites excluding steroid dienone is 2. The monoisotopic (exact) mass is 279 g/mol. The van der Waals surface area contributed by atoms with Gasteiger partial charge in [-0.1, -0.05) is 30.4 Å². The highest BCUT2D eigenvalue weighted by Crippen LogP contribution is 2.23. The van der Waals surface area contributed by atoms with Gasteiger partial charge in [-0.05, 0) is 61.6 Å². The summed E-state index contributed by atoms with van der Waals surface area (Å²) in [6.07, 6.45) is 8.29. The van der Waals surface area contributed by atoms with Gasteiger partial charge >= 0.3 is 0 Å². The average Bonchev–Trinajstić information content (AvgIpc) is 2.56. The highest BCUT2D eigenvalue weighted by Gasteiger charge is 2.09. The summed E-state index contributed by atoms with van der Waals surface area (Å²) in [5, 5.41) is 3.52. The molecule has 2 nitrogen and oxygen atoms in total. The number of nitrogens with one attached hydrogen (secondary N) is 1. The number of para-hydroxylation sites is 1. The maximum atomic E-state index is 5.79. The second-order valence-electron chi connectivity index (χ2n) is 5.47. The van der Waals surface area contributed by atoms with Crippen molar-refractivity contribution in [2.45, 2.75) is 19.3 Å². The summed E-state index contributed by atoms with van der Waals surface area (Å²) in [5.41, 5.74) is 1.16. The molecule has 0 radical (unpaired) electrons. The van der Waals surface area contributed by atoms with Crippen LogP contribution in [0.3, 0.4) is 0 Å². The summed E-state index contributed by atoms with van der Waals surface area (Å²) in [6.45, 7) is 1.04. The van der Waals surface area contributed by atoms with Gasteiger partial charge in [-0.2, -0.15) is 0 Å².